The third-order valence-electron chi connectivity index (χ3n) is 4.86. The van der Waals surface area contributed by atoms with Gasteiger partial charge in [-0.1, -0.05) is 25.7 Å². The summed E-state index contributed by atoms with van der Waals surface area (Å²) in [5.74, 6) is 3.98. The minimum absolute atomic E-state index is 0.508. The summed E-state index contributed by atoms with van der Waals surface area (Å²) in [5, 5.41) is 6.96. The largest absolute Gasteiger partial charge is 0.486 e. The number of rotatable bonds is 4. The van der Waals surface area contributed by atoms with Crippen molar-refractivity contribution in [1.82, 2.24) is 9.97 Å². The van der Waals surface area contributed by atoms with Crippen LogP contribution in [-0.2, 0) is 0 Å². The Morgan fingerprint density at radius 1 is 0.885 bits per heavy atom. The number of anilines is 3. The van der Waals surface area contributed by atoms with Crippen LogP contribution in [0.15, 0.2) is 24.3 Å². The van der Waals surface area contributed by atoms with E-state index in [4.69, 9.17) is 9.47 Å². The average molecular weight is 354 g/mol. The Bertz CT molecular complexity index is 757. The molecular formula is C20H26N4O2. The molecule has 0 unspecified atom stereocenters. The Labute approximate surface area is 154 Å². The molecule has 1 saturated carbocycles. The van der Waals surface area contributed by atoms with E-state index >= 15 is 0 Å². The highest BCUT2D eigenvalue weighted by molar-refractivity contribution is 5.63. The van der Waals surface area contributed by atoms with Crippen molar-refractivity contribution < 1.29 is 9.47 Å². The summed E-state index contributed by atoms with van der Waals surface area (Å²) >= 11 is 0. The van der Waals surface area contributed by atoms with Crippen LogP contribution in [0.5, 0.6) is 11.5 Å². The zero-order valence-corrected chi connectivity index (χ0v) is 15.3. The van der Waals surface area contributed by atoms with Gasteiger partial charge in [0.25, 0.3) is 0 Å². The van der Waals surface area contributed by atoms with E-state index in [1.54, 1.807) is 0 Å². The fourth-order valence-corrected chi connectivity index (χ4v) is 3.61. The van der Waals surface area contributed by atoms with Crippen LogP contribution in [0.4, 0.5) is 17.3 Å². The number of nitrogens with zero attached hydrogens (tertiary/aromatic N) is 2. The normalized spacial score (nSPS) is 17.4. The van der Waals surface area contributed by atoms with Gasteiger partial charge in [-0.2, -0.15) is 0 Å². The van der Waals surface area contributed by atoms with Gasteiger partial charge >= 0.3 is 0 Å². The lowest BCUT2D eigenvalue weighted by atomic mass is 10.1. The summed E-state index contributed by atoms with van der Waals surface area (Å²) in [6.45, 7) is 3.10. The van der Waals surface area contributed by atoms with Gasteiger partial charge in [0.1, 0.15) is 30.7 Å². The van der Waals surface area contributed by atoms with Crippen LogP contribution in [0.3, 0.4) is 0 Å². The molecule has 26 heavy (non-hydrogen) atoms. The van der Waals surface area contributed by atoms with Gasteiger partial charge in [-0.15, -0.1) is 0 Å². The topological polar surface area (TPSA) is 68.3 Å². The highest BCUT2D eigenvalue weighted by Crippen LogP contribution is 2.33. The molecule has 2 aromatic rings. The highest BCUT2D eigenvalue weighted by Gasteiger charge is 2.14. The summed E-state index contributed by atoms with van der Waals surface area (Å²) < 4.78 is 11.2. The van der Waals surface area contributed by atoms with E-state index in [1.807, 2.05) is 31.2 Å². The zero-order valence-electron chi connectivity index (χ0n) is 15.3. The molecule has 1 aliphatic carbocycles. The van der Waals surface area contributed by atoms with Gasteiger partial charge < -0.3 is 20.1 Å². The number of aryl methyl sites for hydroxylation is 1. The fourth-order valence-electron chi connectivity index (χ4n) is 3.61. The number of hydrogen-bond acceptors (Lipinski definition) is 6. The molecule has 1 fully saturated rings. The third kappa shape index (κ3) is 4.18. The summed E-state index contributed by atoms with van der Waals surface area (Å²) in [6, 6.07) is 8.34. The minimum Gasteiger partial charge on any atom is -0.486 e. The Hall–Kier alpha value is -2.50. The minimum atomic E-state index is 0.508. The maximum atomic E-state index is 5.65. The SMILES string of the molecule is Cc1nc(Nc2ccc3c(c2)OCCO3)cc(NC2CCCCCC2)n1. The lowest BCUT2D eigenvalue weighted by Gasteiger charge is -2.20. The van der Waals surface area contributed by atoms with E-state index in [1.165, 1.54) is 38.5 Å². The monoisotopic (exact) mass is 354 g/mol. The van der Waals surface area contributed by atoms with Gasteiger partial charge in [0.2, 0.25) is 0 Å². The number of fused-ring (bicyclic) bond motifs is 1. The number of aromatic nitrogens is 2. The first-order chi connectivity index (χ1) is 12.8. The number of benzene rings is 1. The van der Waals surface area contributed by atoms with Gasteiger partial charge in [0.15, 0.2) is 11.5 Å². The van der Waals surface area contributed by atoms with Crippen LogP contribution in [0.2, 0.25) is 0 Å². The predicted molar refractivity (Wildman–Crippen MR) is 103 cm³/mol. The molecule has 0 saturated heterocycles. The van der Waals surface area contributed by atoms with Crippen molar-refractivity contribution in [2.24, 2.45) is 0 Å². The maximum absolute atomic E-state index is 5.65. The van der Waals surface area contributed by atoms with E-state index in [0.29, 0.717) is 19.3 Å². The van der Waals surface area contributed by atoms with Crippen molar-refractivity contribution >= 4 is 17.3 Å². The molecule has 6 nitrogen and oxygen atoms in total. The number of ether oxygens (including phenoxy) is 2. The second-order valence-corrected chi connectivity index (χ2v) is 7.00. The summed E-state index contributed by atoms with van der Waals surface area (Å²) in [7, 11) is 0. The molecule has 138 valence electrons. The van der Waals surface area contributed by atoms with E-state index in [2.05, 4.69) is 20.6 Å². The lowest BCUT2D eigenvalue weighted by molar-refractivity contribution is 0.171. The van der Waals surface area contributed by atoms with Crippen LogP contribution in [0.1, 0.15) is 44.3 Å². The van der Waals surface area contributed by atoms with Crippen molar-refractivity contribution in [2.75, 3.05) is 23.8 Å². The molecule has 4 rings (SSSR count). The van der Waals surface area contributed by atoms with Crippen molar-refractivity contribution in [3.8, 4) is 11.5 Å². The van der Waals surface area contributed by atoms with E-state index in [9.17, 15) is 0 Å². The van der Waals surface area contributed by atoms with Gasteiger partial charge in [0.05, 0.1) is 0 Å². The average Bonchev–Trinajstić information content (AvgIpc) is 2.90. The molecule has 6 heteroatoms. The Morgan fingerprint density at radius 2 is 1.62 bits per heavy atom. The van der Waals surface area contributed by atoms with E-state index in [0.717, 1.165) is 34.6 Å². The first kappa shape index (κ1) is 16.9. The summed E-state index contributed by atoms with van der Waals surface area (Å²) in [4.78, 5) is 9.08. The van der Waals surface area contributed by atoms with Crippen molar-refractivity contribution in [3.05, 3.63) is 30.1 Å². The second-order valence-electron chi connectivity index (χ2n) is 7.00. The Kier molecular flexibility index (Phi) is 5.09. The van der Waals surface area contributed by atoms with Gasteiger partial charge in [-0.05, 0) is 31.9 Å². The Balaban J connectivity index is 1.49. The zero-order chi connectivity index (χ0) is 17.8. The van der Waals surface area contributed by atoms with Gasteiger partial charge in [0, 0.05) is 23.9 Å². The molecule has 2 aliphatic rings. The molecule has 1 aromatic carbocycles. The fraction of sp³-hybridized carbons (Fsp3) is 0.500. The van der Waals surface area contributed by atoms with Crippen LogP contribution in [0.25, 0.3) is 0 Å². The summed E-state index contributed by atoms with van der Waals surface area (Å²) in [5.41, 5.74) is 0.924. The first-order valence-corrected chi connectivity index (χ1v) is 9.55. The van der Waals surface area contributed by atoms with Crippen molar-refractivity contribution in [3.63, 3.8) is 0 Å². The second kappa shape index (κ2) is 7.81. The maximum Gasteiger partial charge on any atom is 0.163 e. The third-order valence-corrected chi connectivity index (χ3v) is 4.86. The molecule has 1 aromatic heterocycles. The molecule has 0 amide bonds. The van der Waals surface area contributed by atoms with Crippen molar-refractivity contribution in [2.45, 2.75) is 51.5 Å². The standard InChI is InChI=1S/C20H26N4O2/c1-14-21-19(23-15-6-4-2-3-5-7-15)13-20(22-14)24-16-8-9-17-18(12-16)26-11-10-25-17/h8-9,12-13,15H,2-7,10-11H2,1H3,(H2,21,22,23,24). The molecule has 0 spiro atoms. The number of nitrogens with one attached hydrogen (secondary N) is 2. The Morgan fingerprint density at radius 3 is 2.42 bits per heavy atom. The van der Waals surface area contributed by atoms with Crippen molar-refractivity contribution in [1.29, 1.82) is 0 Å². The molecule has 1 aliphatic heterocycles. The molecule has 0 radical (unpaired) electrons. The van der Waals surface area contributed by atoms with Gasteiger partial charge in [-0.25, -0.2) is 9.97 Å². The van der Waals surface area contributed by atoms with E-state index in [-0.39, 0.29) is 0 Å². The molecule has 0 atom stereocenters. The predicted octanol–water partition coefficient (Wildman–Crippen LogP) is 4.43. The van der Waals surface area contributed by atoms with Gasteiger partial charge in [-0.3, -0.25) is 0 Å². The molecular weight excluding hydrogens is 328 g/mol. The van der Waals surface area contributed by atoms with Crippen LogP contribution in [0, 0.1) is 6.92 Å². The van der Waals surface area contributed by atoms with Crippen LogP contribution in [-0.4, -0.2) is 29.2 Å². The van der Waals surface area contributed by atoms with Crippen LogP contribution < -0.4 is 20.1 Å². The highest BCUT2D eigenvalue weighted by atomic mass is 16.6. The lowest BCUT2D eigenvalue weighted by Crippen LogP contribution is -2.19. The smallest absolute Gasteiger partial charge is 0.163 e. The molecule has 2 heterocycles. The molecule has 2 N–H and O–H groups in total. The number of hydrogen-bond donors (Lipinski definition) is 2. The summed E-state index contributed by atoms with van der Waals surface area (Å²) in [6.07, 6.45) is 7.71. The first-order valence-electron chi connectivity index (χ1n) is 9.55. The molecule has 0 bridgehead atoms. The quantitative estimate of drug-likeness (QED) is 0.792. The van der Waals surface area contributed by atoms with Crippen LogP contribution >= 0.6 is 0 Å². The van der Waals surface area contributed by atoms with E-state index < -0.39 is 0 Å².